The highest BCUT2D eigenvalue weighted by Gasteiger charge is 2.26. The minimum Gasteiger partial charge on any atom is -0.388 e. The number of carbonyl (C=O) groups excluding carboxylic acids is 1. The molecule has 1 fully saturated rings. The molecule has 4 heteroatoms. The van der Waals surface area contributed by atoms with Gasteiger partial charge in [0.1, 0.15) is 0 Å². The Morgan fingerprint density at radius 1 is 1.26 bits per heavy atom. The lowest BCUT2D eigenvalue weighted by Gasteiger charge is -2.28. The smallest absolute Gasteiger partial charge is 0.220 e. The minimum atomic E-state index is -0.707. The number of thioether (sulfide) groups is 1. The summed E-state index contributed by atoms with van der Waals surface area (Å²) in [7, 11) is 0. The van der Waals surface area contributed by atoms with Gasteiger partial charge in [-0.05, 0) is 43.1 Å². The molecule has 1 heterocycles. The van der Waals surface area contributed by atoms with Gasteiger partial charge in [0.15, 0.2) is 0 Å². The summed E-state index contributed by atoms with van der Waals surface area (Å²) < 4.78 is 0. The number of carbonyl (C=O) groups is 1. The van der Waals surface area contributed by atoms with Crippen LogP contribution in [-0.4, -0.2) is 34.7 Å². The van der Waals surface area contributed by atoms with Crippen molar-refractivity contribution in [3.05, 3.63) is 0 Å². The Bertz CT molecular complexity index is 259. The number of aliphatic hydroxyl groups is 1. The number of nitrogens with one attached hydrogen (secondary N) is 1. The first-order valence-electron chi connectivity index (χ1n) is 7.66. The van der Waals surface area contributed by atoms with E-state index in [1.807, 2.05) is 11.8 Å². The second kappa shape index (κ2) is 8.85. The molecule has 0 atom stereocenters. The molecule has 1 aliphatic heterocycles. The van der Waals surface area contributed by atoms with Crippen molar-refractivity contribution < 1.29 is 9.90 Å². The summed E-state index contributed by atoms with van der Waals surface area (Å²) >= 11 is 1.98. The quantitative estimate of drug-likeness (QED) is 0.721. The Labute approximate surface area is 121 Å². The molecule has 1 rings (SSSR count). The summed E-state index contributed by atoms with van der Waals surface area (Å²) in [6.07, 6.45) is 6.38. The molecule has 0 aromatic rings. The van der Waals surface area contributed by atoms with Crippen molar-refractivity contribution in [3.8, 4) is 0 Å². The molecule has 112 valence electrons. The maximum absolute atomic E-state index is 11.9. The van der Waals surface area contributed by atoms with Gasteiger partial charge >= 0.3 is 0 Å². The Kier molecular flexibility index (Phi) is 7.84. The van der Waals surface area contributed by atoms with E-state index in [1.54, 1.807) is 0 Å². The molecule has 0 aromatic heterocycles. The van der Waals surface area contributed by atoms with Gasteiger partial charge in [0.05, 0.1) is 5.60 Å². The zero-order valence-corrected chi connectivity index (χ0v) is 13.2. The molecule has 0 aliphatic carbocycles. The lowest BCUT2D eigenvalue weighted by atomic mass is 9.92. The van der Waals surface area contributed by atoms with Crippen LogP contribution in [0.4, 0.5) is 0 Å². The summed E-state index contributed by atoms with van der Waals surface area (Å²) in [4.78, 5) is 11.9. The number of amides is 1. The van der Waals surface area contributed by atoms with Crippen LogP contribution in [-0.2, 0) is 4.79 Å². The third-order valence-electron chi connectivity index (χ3n) is 3.86. The van der Waals surface area contributed by atoms with Gasteiger partial charge in [0.2, 0.25) is 5.91 Å². The van der Waals surface area contributed by atoms with Gasteiger partial charge in [-0.25, -0.2) is 0 Å². The summed E-state index contributed by atoms with van der Waals surface area (Å²) in [5.74, 6) is 3.04. The summed E-state index contributed by atoms with van der Waals surface area (Å²) in [5, 5.41) is 13.4. The standard InChI is InChI=1S/C15H29NO2S/c1-3-7-15(18,8-4-2)12-16-14(17)11-13-5-9-19-10-6-13/h13,18H,3-12H2,1-2H3,(H,16,17). The number of hydrogen-bond acceptors (Lipinski definition) is 3. The molecule has 3 nitrogen and oxygen atoms in total. The maximum Gasteiger partial charge on any atom is 0.220 e. The lowest BCUT2D eigenvalue weighted by molar-refractivity contribution is -0.123. The van der Waals surface area contributed by atoms with E-state index in [0.717, 1.165) is 38.5 Å². The van der Waals surface area contributed by atoms with Crippen molar-refractivity contribution >= 4 is 17.7 Å². The molecule has 0 bridgehead atoms. The molecule has 1 aliphatic rings. The van der Waals surface area contributed by atoms with Crippen LogP contribution in [0, 0.1) is 5.92 Å². The van der Waals surface area contributed by atoms with Crippen LogP contribution in [0.1, 0.15) is 58.8 Å². The van der Waals surface area contributed by atoms with Gasteiger partial charge in [-0.3, -0.25) is 4.79 Å². The van der Waals surface area contributed by atoms with Crippen LogP contribution < -0.4 is 5.32 Å². The highest BCUT2D eigenvalue weighted by molar-refractivity contribution is 7.99. The summed E-state index contributed by atoms with van der Waals surface area (Å²) in [6.45, 7) is 4.55. The Balaban J connectivity index is 2.30. The average molecular weight is 287 g/mol. The zero-order chi connectivity index (χ0) is 14.1. The first-order valence-corrected chi connectivity index (χ1v) is 8.82. The second-order valence-electron chi connectivity index (χ2n) is 5.76. The molecule has 2 N–H and O–H groups in total. The van der Waals surface area contributed by atoms with E-state index >= 15 is 0 Å². The fraction of sp³-hybridized carbons (Fsp3) is 0.933. The van der Waals surface area contributed by atoms with E-state index < -0.39 is 5.60 Å². The summed E-state index contributed by atoms with van der Waals surface area (Å²) in [6, 6.07) is 0. The predicted octanol–water partition coefficient (Wildman–Crippen LogP) is 2.97. The van der Waals surface area contributed by atoms with Gasteiger partial charge in [0, 0.05) is 13.0 Å². The molecule has 0 spiro atoms. The molecule has 1 amide bonds. The van der Waals surface area contributed by atoms with Crippen LogP contribution in [0.5, 0.6) is 0 Å². The average Bonchev–Trinajstić information content (AvgIpc) is 2.38. The monoisotopic (exact) mass is 287 g/mol. The fourth-order valence-corrected chi connectivity index (χ4v) is 3.98. The SMILES string of the molecule is CCCC(O)(CCC)CNC(=O)CC1CCSCC1. The van der Waals surface area contributed by atoms with Crippen LogP contribution in [0.3, 0.4) is 0 Å². The van der Waals surface area contributed by atoms with Gasteiger partial charge in [-0.15, -0.1) is 0 Å². The Morgan fingerprint density at radius 3 is 2.37 bits per heavy atom. The second-order valence-corrected chi connectivity index (χ2v) is 6.99. The van der Waals surface area contributed by atoms with Crippen LogP contribution in [0.25, 0.3) is 0 Å². The molecule has 19 heavy (non-hydrogen) atoms. The van der Waals surface area contributed by atoms with E-state index in [2.05, 4.69) is 19.2 Å². The lowest BCUT2D eigenvalue weighted by Crippen LogP contribution is -2.43. The van der Waals surface area contributed by atoms with E-state index in [0.29, 0.717) is 18.9 Å². The highest BCUT2D eigenvalue weighted by atomic mass is 32.2. The van der Waals surface area contributed by atoms with Gasteiger partial charge in [0.25, 0.3) is 0 Å². The number of rotatable bonds is 8. The molecule has 0 saturated carbocycles. The van der Waals surface area contributed by atoms with Crippen LogP contribution >= 0.6 is 11.8 Å². The van der Waals surface area contributed by atoms with Crippen molar-refractivity contribution in [2.45, 2.75) is 64.4 Å². The topological polar surface area (TPSA) is 49.3 Å². The maximum atomic E-state index is 11.9. The molecule has 0 unspecified atom stereocenters. The van der Waals surface area contributed by atoms with E-state index in [9.17, 15) is 9.90 Å². The van der Waals surface area contributed by atoms with Crippen molar-refractivity contribution in [1.29, 1.82) is 0 Å². The van der Waals surface area contributed by atoms with E-state index in [-0.39, 0.29) is 5.91 Å². The first kappa shape index (κ1) is 16.8. The first-order chi connectivity index (χ1) is 9.09. The van der Waals surface area contributed by atoms with Gasteiger partial charge in [-0.1, -0.05) is 26.7 Å². The van der Waals surface area contributed by atoms with Crippen molar-refractivity contribution in [2.75, 3.05) is 18.1 Å². The normalized spacial score (nSPS) is 17.4. The number of hydrogen-bond donors (Lipinski definition) is 2. The van der Waals surface area contributed by atoms with Crippen molar-refractivity contribution in [1.82, 2.24) is 5.32 Å². The van der Waals surface area contributed by atoms with Crippen LogP contribution in [0.2, 0.25) is 0 Å². The fourth-order valence-electron chi connectivity index (χ4n) is 2.78. The molecule has 0 aromatic carbocycles. The molecular formula is C15H29NO2S. The van der Waals surface area contributed by atoms with Gasteiger partial charge in [-0.2, -0.15) is 11.8 Å². The Hall–Kier alpha value is -0.220. The third-order valence-corrected chi connectivity index (χ3v) is 4.91. The Morgan fingerprint density at radius 2 is 1.84 bits per heavy atom. The zero-order valence-electron chi connectivity index (χ0n) is 12.4. The van der Waals surface area contributed by atoms with Crippen molar-refractivity contribution in [3.63, 3.8) is 0 Å². The molecular weight excluding hydrogens is 258 g/mol. The largest absolute Gasteiger partial charge is 0.388 e. The van der Waals surface area contributed by atoms with Gasteiger partial charge < -0.3 is 10.4 Å². The predicted molar refractivity (Wildman–Crippen MR) is 82.4 cm³/mol. The van der Waals surface area contributed by atoms with Crippen LogP contribution in [0.15, 0.2) is 0 Å². The third kappa shape index (κ3) is 6.66. The molecule has 0 radical (unpaired) electrons. The molecule has 1 saturated heterocycles. The minimum absolute atomic E-state index is 0.113. The summed E-state index contributed by atoms with van der Waals surface area (Å²) in [5.41, 5.74) is -0.707. The highest BCUT2D eigenvalue weighted by Crippen LogP contribution is 2.25. The van der Waals surface area contributed by atoms with Crippen molar-refractivity contribution in [2.24, 2.45) is 5.92 Å². The van der Waals surface area contributed by atoms with E-state index in [4.69, 9.17) is 0 Å². The van der Waals surface area contributed by atoms with E-state index in [1.165, 1.54) is 11.5 Å².